The van der Waals surface area contributed by atoms with Crippen LogP contribution in [0, 0.1) is 6.92 Å². The maximum Gasteiger partial charge on any atom is 0.359 e. The fourth-order valence-corrected chi connectivity index (χ4v) is 3.68. The molecule has 3 aromatic rings. The average Bonchev–Trinajstić information content (AvgIpc) is 2.99. The van der Waals surface area contributed by atoms with Crippen LogP contribution in [0.1, 0.15) is 28.4 Å². The van der Waals surface area contributed by atoms with Crippen molar-refractivity contribution in [1.82, 2.24) is 10.4 Å². The number of aryl methyl sites for hydroxylation is 1. The molecule has 1 aliphatic heterocycles. The normalized spacial score (nSPS) is 18.4. The van der Waals surface area contributed by atoms with E-state index in [1.54, 1.807) is 48.5 Å². The van der Waals surface area contributed by atoms with Gasteiger partial charge in [0, 0.05) is 12.5 Å². The molecule has 3 amide bonds. The summed E-state index contributed by atoms with van der Waals surface area (Å²) < 4.78 is 0. The van der Waals surface area contributed by atoms with E-state index in [-0.39, 0.29) is 11.1 Å². The third kappa shape index (κ3) is 2.91. The van der Waals surface area contributed by atoms with Crippen LogP contribution in [0.3, 0.4) is 0 Å². The van der Waals surface area contributed by atoms with Crippen LogP contribution >= 0.6 is 0 Å². The van der Waals surface area contributed by atoms with Crippen LogP contribution in [0.25, 0.3) is 10.8 Å². The molecule has 0 aromatic heterocycles. The van der Waals surface area contributed by atoms with Gasteiger partial charge in [-0.3, -0.25) is 9.59 Å². The van der Waals surface area contributed by atoms with Gasteiger partial charge in [-0.25, -0.2) is 9.59 Å². The van der Waals surface area contributed by atoms with E-state index in [1.165, 1.54) is 0 Å². The van der Waals surface area contributed by atoms with Gasteiger partial charge in [-0.05, 0) is 34.9 Å². The molecule has 7 nitrogen and oxygen atoms in total. The van der Waals surface area contributed by atoms with Crippen molar-refractivity contribution in [3.05, 3.63) is 83.4 Å². The van der Waals surface area contributed by atoms with Crippen LogP contribution in [0.5, 0.6) is 0 Å². The van der Waals surface area contributed by atoms with Crippen molar-refractivity contribution < 1.29 is 24.0 Å². The highest BCUT2D eigenvalue weighted by Gasteiger charge is 2.59. The minimum atomic E-state index is -2.04. The lowest BCUT2D eigenvalue weighted by Gasteiger charge is -2.25. The number of hydrogen-bond donors (Lipinski definition) is 1. The van der Waals surface area contributed by atoms with Gasteiger partial charge >= 0.3 is 17.9 Å². The Kier molecular flexibility index (Phi) is 4.58. The number of Topliss-reactive ketones (excluding diaryl/α,β-unsaturated/α-hetero) is 1. The molecule has 1 atom stereocenters. The van der Waals surface area contributed by atoms with Crippen LogP contribution < -0.4 is 5.32 Å². The number of benzene rings is 3. The molecule has 0 radical (unpaired) electrons. The lowest BCUT2D eigenvalue weighted by atomic mass is 9.82. The zero-order chi connectivity index (χ0) is 21.5. The minimum Gasteiger partial charge on any atom is -0.329 e. The monoisotopic (exact) mass is 402 g/mol. The molecule has 0 bridgehead atoms. The molecule has 30 heavy (non-hydrogen) atoms. The van der Waals surface area contributed by atoms with Crippen molar-refractivity contribution in [1.29, 1.82) is 0 Å². The summed E-state index contributed by atoms with van der Waals surface area (Å²) in [6, 6.07) is 18.1. The van der Waals surface area contributed by atoms with Gasteiger partial charge < -0.3 is 10.2 Å². The molecule has 4 rings (SSSR count). The van der Waals surface area contributed by atoms with Gasteiger partial charge in [0.05, 0.1) is 0 Å². The zero-order valence-corrected chi connectivity index (χ0v) is 16.3. The van der Waals surface area contributed by atoms with Gasteiger partial charge in [-0.1, -0.05) is 65.7 Å². The lowest BCUT2D eigenvalue weighted by Crippen LogP contribution is -2.51. The first-order valence-corrected chi connectivity index (χ1v) is 9.29. The molecule has 0 aliphatic carbocycles. The number of carbonyl (C=O) groups is 4. The second-order valence-electron chi connectivity index (χ2n) is 7.07. The number of nitrogens with one attached hydrogen (secondary N) is 1. The molecule has 1 N–H and O–H groups in total. The number of hydroxylamine groups is 2. The summed E-state index contributed by atoms with van der Waals surface area (Å²) in [6.45, 7) is 2.99. The van der Waals surface area contributed by atoms with Crippen LogP contribution in [0.15, 0.2) is 66.7 Å². The Morgan fingerprint density at radius 1 is 0.967 bits per heavy atom. The summed E-state index contributed by atoms with van der Waals surface area (Å²) in [6.07, 6.45) is 0. The Morgan fingerprint density at radius 2 is 1.70 bits per heavy atom. The standard InChI is InChI=1S/C23H18N2O5/c1-14-7-6-8-16-11-12-17(13-19(14)16)20(27)23(18-9-4-3-5-10-18)21(28)25(22(29)24-23)30-15(2)26/h3-13H,1-2H3,(H,24,29). The van der Waals surface area contributed by atoms with E-state index in [9.17, 15) is 19.2 Å². The second-order valence-corrected chi connectivity index (χ2v) is 7.07. The Morgan fingerprint density at radius 3 is 2.40 bits per heavy atom. The van der Waals surface area contributed by atoms with E-state index >= 15 is 0 Å². The molecular weight excluding hydrogens is 384 g/mol. The Labute approximate surface area is 172 Å². The fourth-order valence-electron chi connectivity index (χ4n) is 3.68. The summed E-state index contributed by atoms with van der Waals surface area (Å²) in [4.78, 5) is 55.6. The number of rotatable bonds is 4. The Hall–Kier alpha value is -4.00. The van der Waals surface area contributed by atoms with E-state index in [0.717, 1.165) is 23.3 Å². The number of fused-ring (bicyclic) bond motifs is 1. The number of amides is 3. The minimum absolute atomic E-state index is 0.249. The SMILES string of the molecule is CC(=O)ON1C(=O)NC(C(=O)c2ccc3cccc(C)c3c2)(c2ccccc2)C1=O. The van der Waals surface area contributed by atoms with E-state index < -0.39 is 29.2 Å². The fraction of sp³-hybridized carbons (Fsp3) is 0.130. The zero-order valence-electron chi connectivity index (χ0n) is 16.3. The van der Waals surface area contributed by atoms with Gasteiger partial charge in [0.1, 0.15) is 0 Å². The second kappa shape index (κ2) is 7.11. The number of carbonyl (C=O) groups excluding carboxylic acids is 4. The highest BCUT2D eigenvalue weighted by molar-refractivity contribution is 6.25. The van der Waals surface area contributed by atoms with E-state index in [0.29, 0.717) is 5.06 Å². The maximum atomic E-state index is 13.7. The molecule has 3 aromatic carbocycles. The summed E-state index contributed by atoms with van der Waals surface area (Å²) in [5.74, 6) is -2.44. The summed E-state index contributed by atoms with van der Waals surface area (Å²) in [5.41, 5.74) is -0.546. The van der Waals surface area contributed by atoms with Gasteiger partial charge in [-0.15, -0.1) is 0 Å². The Bertz CT molecular complexity index is 1200. The highest BCUT2D eigenvalue weighted by atomic mass is 16.7. The summed E-state index contributed by atoms with van der Waals surface area (Å²) >= 11 is 0. The summed E-state index contributed by atoms with van der Waals surface area (Å²) in [5, 5.41) is 4.57. The first kappa shape index (κ1) is 19.3. The number of nitrogens with zero attached hydrogens (tertiary/aromatic N) is 1. The molecule has 0 saturated carbocycles. The molecule has 150 valence electrons. The molecule has 0 spiro atoms. The molecule has 1 fully saturated rings. The first-order chi connectivity index (χ1) is 14.3. The van der Waals surface area contributed by atoms with Gasteiger partial charge in [0.25, 0.3) is 0 Å². The van der Waals surface area contributed by atoms with Gasteiger partial charge in [0.15, 0.2) is 0 Å². The maximum absolute atomic E-state index is 13.7. The van der Waals surface area contributed by atoms with E-state index in [2.05, 4.69) is 5.32 Å². The lowest BCUT2D eigenvalue weighted by molar-refractivity contribution is -0.181. The van der Waals surface area contributed by atoms with Crippen molar-refractivity contribution in [2.75, 3.05) is 0 Å². The van der Waals surface area contributed by atoms with Crippen molar-refractivity contribution >= 4 is 34.5 Å². The molecule has 1 heterocycles. The quantitative estimate of drug-likeness (QED) is 0.411. The van der Waals surface area contributed by atoms with Crippen LogP contribution in [0.2, 0.25) is 0 Å². The third-order valence-corrected chi connectivity index (χ3v) is 5.11. The number of imide groups is 1. The number of ketones is 1. The number of urea groups is 1. The molecule has 1 saturated heterocycles. The average molecular weight is 402 g/mol. The highest BCUT2D eigenvalue weighted by Crippen LogP contribution is 2.34. The van der Waals surface area contributed by atoms with Crippen LogP contribution in [-0.2, 0) is 20.0 Å². The van der Waals surface area contributed by atoms with Crippen molar-refractivity contribution in [2.24, 2.45) is 0 Å². The molecule has 7 heteroatoms. The molecule has 1 aliphatic rings. The Balaban J connectivity index is 1.89. The van der Waals surface area contributed by atoms with Crippen molar-refractivity contribution in [2.45, 2.75) is 19.4 Å². The van der Waals surface area contributed by atoms with Gasteiger partial charge in [0.2, 0.25) is 11.3 Å². The predicted molar refractivity (Wildman–Crippen MR) is 108 cm³/mol. The third-order valence-electron chi connectivity index (χ3n) is 5.11. The van der Waals surface area contributed by atoms with Crippen LogP contribution in [-0.4, -0.2) is 28.8 Å². The van der Waals surface area contributed by atoms with E-state index in [4.69, 9.17) is 4.84 Å². The summed E-state index contributed by atoms with van der Waals surface area (Å²) in [7, 11) is 0. The van der Waals surface area contributed by atoms with Crippen LogP contribution in [0.4, 0.5) is 4.79 Å². The van der Waals surface area contributed by atoms with Crippen molar-refractivity contribution in [3.63, 3.8) is 0 Å². The molecule has 1 unspecified atom stereocenters. The smallest absolute Gasteiger partial charge is 0.329 e. The largest absolute Gasteiger partial charge is 0.359 e. The van der Waals surface area contributed by atoms with Crippen molar-refractivity contribution in [3.8, 4) is 0 Å². The van der Waals surface area contributed by atoms with Gasteiger partial charge in [-0.2, -0.15) is 0 Å². The number of hydrogen-bond acceptors (Lipinski definition) is 5. The predicted octanol–water partition coefficient (Wildman–Crippen LogP) is 3.26. The molecular formula is C23H18N2O5. The first-order valence-electron chi connectivity index (χ1n) is 9.29. The topological polar surface area (TPSA) is 92.8 Å². The van der Waals surface area contributed by atoms with E-state index in [1.807, 2.05) is 25.1 Å².